The van der Waals surface area contributed by atoms with E-state index in [1.54, 1.807) is 0 Å². The van der Waals surface area contributed by atoms with E-state index in [1.165, 1.54) is 0 Å². The van der Waals surface area contributed by atoms with Gasteiger partial charge >= 0.3 is 5.97 Å². The number of rotatable bonds is 4. The van der Waals surface area contributed by atoms with E-state index in [9.17, 15) is 9.90 Å². The van der Waals surface area contributed by atoms with Crippen LogP contribution in [0.4, 0.5) is 0 Å². The van der Waals surface area contributed by atoms with E-state index < -0.39 is 11.4 Å². The van der Waals surface area contributed by atoms with Crippen LogP contribution in [0.5, 0.6) is 0 Å². The van der Waals surface area contributed by atoms with Crippen LogP contribution < -0.4 is 0 Å². The third-order valence-corrected chi connectivity index (χ3v) is 4.07. The lowest BCUT2D eigenvalue weighted by Gasteiger charge is -2.12. The van der Waals surface area contributed by atoms with Crippen molar-refractivity contribution in [2.24, 2.45) is 5.41 Å². The molecule has 0 radical (unpaired) electrons. The monoisotopic (exact) mass is 252 g/mol. The number of hydrogen-bond acceptors (Lipinski definition) is 1. The first kappa shape index (κ1) is 12.0. The largest absolute Gasteiger partial charge is 0.481 e. The molecule has 2 atom stereocenters. The highest BCUT2D eigenvalue weighted by atomic mass is 16.4. The molecule has 2 aromatic carbocycles. The summed E-state index contributed by atoms with van der Waals surface area (Å²) in [6.07, 6.45) is 1.35. The normalized spacial score (nSPS) is 24.9. The summed E-state index contributed by atoms with van der Waals surface area (Å²) in [6.45, 7) is 0. The molecule has 1 N–H and O–H groups in total. The molecule has 2 nitrogen and oxygen atoms in total. The summed E-state index contributed by atoms with van der Waals surface area (Å²) < 4.78 is 0. The van der Waals surface area contributed by atoms with Gasteiger partial charge in [0.15, 0.2) is 0 Å². The predicted octanol–water partition coefficient (Wildman–Crippen LogP) is 3.49. The van der Waals surface area contributed by atoms with E-state index in [-0.39, 0.29) is 5.92 Å². The molecule has 0 saturated heterocycles. The Labute approximate surface area is 112 Å². The van der Waals surface area contributed by atoms with Crippen molar-refractivity contribution in [2.45, 2.75) is 18.8 Å². The predicted molar refractivity (Wildman–Crippen MR) is 74.0 cm³/mol. The van der Waals surface area contributed by atoms with Crippen molar-refractivity contribution < 1.29 is 9.90 Å². The molecule has 96 valence electrons. The summed E-state index contributed by atoms with van der Waals surface area (Å²) in [5.74, 6) is -0.531. The molecule has 0 aromatic heterocycles. The van der Waals surface area contributed by atoms with Crippen LogP contribution in [-0.4, -0.2) is 11.1 Å². The zero-order valence-electron chi connectivity index (χ0n) is 10.6. The van der Waals surface area contributed by atoms with E-state index in [1.807, 2.05) is 60.7 Å². The average molecular weight is 252 g/mol. The van der Waals surface area contributed by atoms with E-state index in [4.69, 9.17) is 0 Å². The summed E-state index contributed by atoms with van der Waals surface area (Å²) in [5, 5.41) is 9.60. The fraction of sp³-hybridized carbons (Fsp3) is 0.235. The van der Waals surface area contributed by atoms with E-state index in [0.29, 0.717) is 6.42 Å². The molecule has 1 aliphatic carbocycles. The SMILES string of the molecule is O=C(O)[C@@]1(Cc2ccccc2)C[C@@H]1c1ccccc1. The van der Waals surface area contributed by atoms with Crippen molar-refractivity contribution in [3.63, 3.8) is 0 Å². The van der Waals surface area contributed by atoms with Gasteiger partial charge in [-0.1, -0.05) is 60.7 Å². The second-order valence-electron chi connectivity index (χ2n) is 5.29. The van der Waals surface area contributed by atoms with Crippen molar-refractivity contribution >= 4 is 5.97 Å². The lowest BCUT2D eigenvalue weighted by molar-refractivity contribution is -0.143. The topological polar surface area (TPSA) is 37.3 Å². The smallest absolute Gasteiger partial charge is 0.310 e. The van der Waals surface area contributed by atoms with Crippen LogP contribution in [0.3, 0.4) is 0 Å². The molecule has 1 saturated carbocycles. The second kappa shape index (κ2) is 4.54. The Balaban J connectivity index is 1.86. The third-order valence-electron chi connectivity index (χ3n) is 4.07. The van der Waals surface area contributed by atoms with Gasteiger partial charge in [0, 0.05) is 5.92 Å². The zero-order chi connectivity index (χ0) is 13.3. The Kier molecular flexibility index (Phi) is 2.86. The van der Waals surface area contributed by atoms with Crippen LogP contribution in [0.2, 0.25) is 0 Å². The highest BCUT2D eigenvalue weighted by Gasteiger charge is 2.60. The Bertz CT molecular complexity index is 577. The number of carboxylic acids is 1. The van der Waals surface area contributed by atoms with Gasteiger partial charge in [-0.15, -0.1) is 0 Å². The van der Waals surface area contributed by atoms with E-state index >= 15 is 0 Å². The van der Waals surface area contributed by atoms with Gasteiger partial charge in [0.2, 0.25) is 0 Å². The molecule has 1 aliphatic rings. The quantitative estimate of drug-likeness (QED) is 0.904. The zero-order valence-corrected chi connectivity index (χ0v) is 10.6. The Morgan fingerprint density at radius 2 is 1.63 bits per heavy atom. The van der Waals surface area contributed by atoms with E-state index in [2.05, 4.69) is 0 Å². The molecule has 19 heavy (non-hydrogen) atoms. The van der Waals surface area contributed by atoms with Crippen molar-refractivity contribution in [1.82, 2.24) is 0 Å². The summed E-state index contributed by atoms with van der Waals surface area (Å²) in [7, 11) is 0. The number of benzene rings is 2. The highest BCUT2D eigenvalue weighted by molar-refractivity contribution is 5.81. The van der Waals surface area contributed by atoms with Crippen LogP contribution >= 0.6 is 0 Å². The average Bonchev–Trinajstić information content (AvgIpc) is 3.17. The van der Waals surface area contributed by atoms with Crippen LogP contribution in [0, 0.1) is 5.41 Å². The maximum absolute atomic E-state index is 11.7. The van der Waals surface area contributed by atoms with Gasteiger partial charge in [-0.05, 0) is 24.0 Å². The van der Waals surface area contributed by atoms with E-state index in [0.717, 1.165) is 17.5 Å². The van der Waals surface area contributed by atoms with Gasteiger partial charge in [-0.3, -0.25) is 4.79 Å². The molecular weight excluding hydrogens is 236 g/mol. The minimum Gasteiger partial charge on any atom is -0.481 e. The van der Waals surface area contributed by atoms with Gasteiger partial charge in [0.1, 0.15) is 0 Å². The summed E-state index contributed by atoms with van der Waals surface area (Å²) in [4.78, 5) is 11.7. The Hall–Kier alpha value is -2.09. The van der Waals surface area contributed by atoms with Crippen LogP contribution in [0.1, 0.15) is 23.5 Å². The highest BCUT2D eigenvalue weighted by Crippen LogP contribution is 2.61. The first-order valence-electron chi connectivity index (χ1n) is 6.55. The molecular formula is C17H16O2. The fourth-order valence-electron chi connectivity index (χ4n) is 2.90. The summed E-state index contributed by atoms with van der Waals surface area (Å²) in [5.41, 5.74) is 1.63. The van der Waals surface area contributed by atoms with Gasteiger partial charge in [-0.2, -0.15) is 0 Å². The summed E-state index contributed by atoms with van der Waals surface area (Å²) in [6, 6.07) is 19.9. The van der Waals surface area contributed by atoms with Crippen molar-refractivity contribution in [3.8, 4) is 0 Å². The molecule has 0 amide bonds. The number of carbonyl (C=O) groups is 1. The Morgan fingerprint density at radius 3 is 2.21 bits per heavy atom. The lowest BCUT2D eigenvalue weighted by atomic mass is 9.91. The van der Waals surface area contributed by atoms with Crippen molar-refractivity contribution in [1.29, 1.82) is 0 Å². The van der Waals surface area contributed by atoms with Gasteiger partial charge in [0.05, 0.1) is 5.41 Å². The Morgan fingerprint density at radius 1 is 1.05 bits per heavy atom. The van der Waals surface area contributed by atoms with Gasteiger partial charge in [-0.25, -0.2) is 0 Å². The molecule has 3 rings (SSSR count). The lowest BCUT2D eigenvalue weighted by Crippen LogP contribution is -2.20. The molecule has 0 aliphatic heterocycles. The summed E-state index contributed by atoms with van der Waals surface area (Å²) >= 11 is 0. The van der Waals surface area contributed by atoms with Crippen LogP contribution in [0.15, 0.2) is 60.7 Å². The molecule has 0 spiro atoms. The third kappa shape index (κ3) is 2.14. The molecule has 0 unspecified atom stereocenters. The molecule has 2 heteroatoms. The standard InChI is InChI=1S/C17H16O2/c18-16(19)17(11-13-7-3-1-4-8-13)12-15(17)14-9-5-2-6-10-14/h1-10,15H,11-12H2,(H,18,19)/t15-,17+/m1/s1. The van der Waals surface area contributed by atoms with Crippen molar-refractivity contribution in [2.75, 3.05) is 0 Å². The maximum Gasteiger partial charge on any atom is 0.310 e. The number of carboxylic acid groups (broad SMARTS) is 1. The molecule has 0 bridgehead atoms. The van der Waals surface area contributed by atoms with Crippen LogP contribution in [-0.2, 0) is 11.2 Å². The minimum absolute atomic E-state index is 0.145. The number of hydrogen-bond donors (Lipinski definition) is 1. The minimum atomic E-state index is -0.676. The molecule has 0 heterocycles. The van der Waals surface area contributed by atoms with Crippen molar-refractivity contribution in [3.05, 3.63) is 71.8 Å². The van der Waals surface area contributed by atoms with Crippen LogP contribution in [0.25, 0.3) is 0 Å². The first-order valence-corrected chi connectivity index (χ1v) is 6.55. The van der Waals surface area contributed by atoms with Gasteiger partial charge < -0.3 is 5.11 Å². The maximum atomic E-state index is 11.7. The number of aliphatic carboxylic acids is 1. The van der Waals surface area contributed by atoms with Gasteiger partial charge in [0.25, 0.3) is 0 Å². The fourth-order valence-corrected chi connectivity index (χ4v) is 2.90. The molecule has 1 fully saturated rings. The second-order valence-corrected chi connectivity index (χ2v) is 5.29. The molecule has 2 aromatic rings. The first-order chi connectivity index (χ1) is 9.22.